The third kappa shape index (κ3) is 2.93. The van der Waals surface area contributed by atoms with Gasteiger partial charge in [-0.05, 0) is 30.9 Å². The summed E-state index contributed by atoms with van der Waals surface area (Å²) < 4.78 is 0. The van der Waals surface area contributed by atoms with Crippen molar-refractivity contribution in [2.24, 2.45) is 0 Å². The van der Waals surface area contributed by atoms with E-state index >= 15 is 0 Å². The number of hydrogen-bond donors (Lipinski definition) is 1. The van der Waals surface area contributed by atoms with Gasteiger partial charge in [0.2, 0.25) is 0 Å². The summed E-state index contributed by atoms with van der Waals surface area (Å²) in [5, 5.41) is 13.8. The molecular formula is C11H15ClN2O2. The van der Waals surface area contributed by atoms with Gasteiger partial charge < -0.3 is 5.32 Å². The minimum absolute atomic E-state index is 0. The third-order valence-electron chi connectivity index (χ3n) is 2.87. The lowest BCUT2D eigenvalue weighted by Gasteiger charge is -2.22. The van der Waals surface area contributed by atoms with Crippen molar-refractivity contribution >= 4 is 18.1 Å². The monoisotopic (exact) mass is 242 g/mol. The van der Waals surface area contributed by atoms with Crippen molar-refractivity contribution in [1.29, 1.82) is 0 Å². The Morgan fingerprint density at radius 1 is 1.31 bits per heavy atom. The molecule has 1 aromatic rings. The molecule has 5 heteroatoms. The molecule has 1 fully saturated rings. The molecule has 1 heterocycles. The molecule has 0 spiro atoms. The molecule has 0 bridgehead atoms. The van der Waals surface area contributed by atoms with Crippen molar-refractivity contribution in [3.63, 3.8) is 0 Å². The molecule has 88 valence electrons. The maximum absolute atomic E-state index is 10.5. The second-order valence-corrected chi connectivity index (χ2v) is 3.89. The molecule has 0 aromatic heterocycles. The first-order valence-electron chi connectivity index (χ1n) is 5.22. The molecule has 1 saturated heterocycles. The molecule has 1 atom stereocenters. The summed E-state index contributed by atoms with van der Waals surface area (Å²) in [6, 6.07) is 6.92. The van der Waals surface area contributed by atoms with Gasteiger partial charge in [-0.15, -0.1) is 12.4 Å². The van der Waals surface area contributed by atoms with Gasteiger partial charge in [0.05, 0.1) is 4.92 Å². The van der Waals surface area contributed by atoms with Crippen LogP contribution in [0.5, 0.6) is 0 Å². The normalized spacial score (nSPS) is 19.9. The van der Waals surface area contributed by atoms with Crippen molar-refractivity contribution < 1.29 is 4.92 Å². The number of hydrogen-bond acceptors (Lipinski definition) is 3. The largest absolute Gasteiger partial charge is 0.316 e. The van der Waals surface area contributed by atoms with Crippen molar-refractivity contribution in [3.8, 4) is 0 Å². The highest BCUT2D eigenvalue weighted by molar-refractivity contribution is 5.85. The van der Waals surface area contributed by atoms with Crippen LogP contribution in [0, 0.1) is 10.1 Å². The summed E-state index contributed by atoms with van der Waals surface area (Å²) >= 11 is 0. The second-order valence-electron chi connectivity index (χ2n) is 3.89. The summed E-state index contributed by atoms with van der Waals surface area (Å²) in [7, 11) is 0. The molecule has 0 aliphatic carbocycles. The van der Waals surface area contributed by atoms with Gasteiger partial charge in [0.15, 0.2) is 0 Å². The lowest BCUT2D eigenvalue weighted by atomic mass is 9.92. The number of non-ortho nitro benzene ring substituents is 1. The van der Waals surface area contributed by atoms with Gasteiger partial charge in [-0.2, -0.15) is 0 Å². The molecule has 16 heavy (non-hydrogen) atoms. The molecule has 1 aliphatic rings. The van der Waals surface area contributed by atoms with Crippen LogP contribution in [0.15, 0.2) is 24.3 Å². The number of nitrogens with zero attached hydrogens (tertiary/aromatic N) is 1. The molecule has 1 unspecified atom stereocenters. The highest BCUT2D eigenvalue weighted by atomic mass is 35.5. The van der Waals surface area contributed by atoms with Crippen molar-refractivity contribution in [2.45, 2.75) is 18.8 Å². The number of nitrogens with one attached hydrogen (secondary N) is 1. The first kappa shape index (κ1) is 12.9. The summed E-state index contributed by atoms with van der Waals surface area (Å²) in [4.78, 5) is 10.1. The van der Waals surface area contributed by atoms with Crippen LogP contribution in [-0.4, -0.2) is 18.0 Å². The first-order valence-corrected chi connectivity index (χ1v) is 5.22. The maximum atomic E-state index is 10.5. The van der Waals surface area contributed by atoms with E-state index in [0.29, 0.717) is 5.92 Å². The molecule has 1 N–H and O–H groups in total. The Morgan fingerprint density at radius 2 is 2.00 bits per heavy atom. The molecular weight excluding hydrogens is 228 g/mol. The third-order valence-corrected chi connectivity index (χ3v) is 2.87. The standard InChI is InChI=1S/C11H14N2O2.ClH/c14-13(15)11-5-3-9(4-6-11)10-2-1-7-12-8-10;/h3-6,10,12H,1-2,7-8H2;1H. The van der Waals surface area contributed by atoms with Crippen LogP contribution in [-0.2, 0) is 0 Å². The van der Waals surface area contributed by atoms with Crippen LogP contribution in [0.3, 0.4) is 0 Å². The Balaban J connectivity index is 0.00000128. The number of halogens is 1. The summed E-state index contributed by atoms with van der Waals surface area (Å²) in [6.45, 7) is 2.07. The van der Waals surface area contributed by atoms with Crippen LogP contribution in [0.25, 0.3) is 0 Å². The number of piperidine rings is 1. The Hall–Kier alpha value is -1.13. The lowest BCUT2D eigenvalue weighted by Crippen LogP contribution is -2.28. The Kier molecular flexibility index (Phi) is 4.71. The molecule has 4 nitrogen and oxygen atoms in total. The highest BCUT2D eigenvalue weighted by Crippen LogP contribution is 2.24. The Bertz CT molecular complexity index is 348. The quantitative estimate of drug-likeness (QED) is 0.640. The van der Waals surface area contributed by atoms with Gasteiger partial charge in [-0.25, -0.2) is 0 Å². The Labute approximate surface area is 101 Å². The van der Waals surface area contributed by atoms with E-state index in [1.54, 1.807) is 12.1 Å². The minimum atomic E-state index is -0.358. The molecule has 0 amide bonds. The zero-order chi connectivity index (χ0) is 10.7. The van der Waals surface area contributed by atoms with E-state index < -0.39 is 0 Å². The van der Waals surface area contributed by atoms with E-state index in [0.717, 1.165) is 13.1 Å². The zero-order valence-electron chi connectivity index (χ0n) is 8.89. The van der Waals surface area contributed by atoms with Crippen LogP contribution in [0.2, 0.25) is 0 Å². The van der Waals surface area contributed by atoms with Crippen molar-refractivity contribution in [2.75, 3.05) is 13.1 Å². The van der Waals surface area contributed by atoms with Gasteiger partial charge in [0.25, 0.3) is 5.69 Å². The van der Waals surface area contributed by atoms with Crippen LogP contribution < -0.4 is 5.32 Å². The van der Waals surface area contributed by atoms with E-state index in [4.69, 9.17) is 0 Å². The summed E-state index contributed by atoms with van der Waals surface area (Å²) in [5.74, 6) is 0.513. The predicted molar refractivity (Wildman–Crippen MR) is 65.2 cm³/mol. The van der Waals surface area contributed by atoms with Crippen molar-refractivity contribution in [1.82, 2.24) is 5.32 Å². The van der Waals surface area contributed by atoms with Crippen LogP contribution >= 0.6 is 12.4 Å². The summed E-state index contributed by atoms with van der Waals surface area (Å²) in [5.41, 5.74) is 1.37. The van der Waals surface area contributed by atoms with E-state index in [1.165, 1.54) is 18.4 Å². The van der Waals surface area contributed by atoms with E-state index in [9.17, 15) is 10.1 Å². The fourth-order valence-corrected chi connectivity index (χ4v) is 2.00. The average molecular weight is 243 g/mol. The molecule has 2 rings (SSSR count). The van der Waals surface area contributed by atoms with Gasteiger partial charge in [0.1, 0.15) is 0 Å². The van der Waals surface area contributed by atoms with Crippen LogP contribution in [0.1, 0.15) is 24.3 Å². The molecule has 1 aliphatic heterocycles. The second kappa shape index (κ2) is 5.82. The smallest absolute Gasteiger partial charge is 0.269 e. The predicted octanol–water partition coefficient (Wildman–Crippen LogP) is 2.48. The fraction of sp³-hybridized carbons (Fsp3) is 0.455. The fourth-order valence-electron chi connectivity index (χ4n) is 2.00. The van der Waals surface area contributed by atoms with Gasteiger partial charge in [-0.1, -0.05) is 12.1 Å². The van der Waals surface area contributed by atoms with Gasteiger partial charge in [-0.3, -0.25) is 10.1 Å². The number of nitro benzene ring substituents is 1. The number of benzene rings is 1. The zero-order valence-corrected chi connectivity index (χ0v) is 9.70. The Morgan fingerprint density at radius 3 is 2.50 bits per heavy atom. The maximum Gasteiger partial charge on any atom is 0.269 e. The SMILES string of the molecule is Cl.O=[N+]([O-])c1ccc(C2CCCNC2)cc1. The van der Waals surface area contributed by atoms with E-state index in [1.807, 2.05) is 12.1 Å². The van der Waals surface area contributed by atoms with Gasteiger partial charge in [0, 0.05) is 18.7 Å². The molecule has 0 saturated carbocycles. The number of rotatable bonds is 2. The number of nitro groups is 1. The summed E-state index contributed by atoms with van der Waals surface area (Å²) in [6.07, 6.45) is 2.35. The van der Waals surface area contributed by atoms with Gasteiger partial charge >= 0.3 is 0 Å². The van der Waals surface area contributed by atoms with E-state index in [-0.39, 0.29) is 23.0 Å². The minimum Gasteiger partial charge on any atom is -0.316 e. The lowest BCUT2D eigenvalue weighted by molar-refractivity contribution is -0.384. The first-order chi connectivity index (χ1) is 7.27. The van der Waals surface area contributed by atoms with Crippen molar-refractivity contribution in [3.05, 3.63) is 39.9 Å². The molecule has 0 radical (unpaired) electrons. The van der Waals surface area contributed by atoms with E-state index in [2.05, 4.69) is 5.32 Å². The van der Waals surface area contributed by atoms with Crippen LogP contribution in [0.4, 0.5) is 5.69 Å². The highest BCUT2D eigenvalue weighted by Gasteiger charge is 2.15. The average Bonchev–Trinajstić information content (AvgIpc) is 2.30. The molecule has 1 aromatic carbocycles. The topological polar surface area (TPSA) is 55.2 Å².